The van der Waals surface area contributed by atoms with Gasteiger partial charge in [-0.2, -0.15) is 0 Å². The number of allylic oxidation sites excluding steroid dienone is 1. The molecule has 1 aromatic rings. The number of hydrogen-bond acceptors (Lipinski definition) is 1. The van der Waals surface area contributed by atoms with Crippen molar-refractivity contribution >= 4 is 0 Å². The Labute approximate surface area is 99.1 Å². The van der Waals surface area contributed by atoms with Gasteiger partial charge >= 0.3 is 0 Å². The van der Waals surface area contributed by atoms with Gasteiger partial charge in [0, 0.05) is 0 Å². The Hall–Kier alpha value is -1.24. The summed E-state index contributed by atoms with van der Waals surface area (Å²) in [5.41, 5.74) is 1.39. The monoisotopic (exact) mass is 218 g/mol. The Balaban J connectivity index is 2.42. The van der Waals surface area contributed by atoms with Gasteiger partial charge in [0.05, 0.1) is 6.61 Å². The molecule has 0 aliphatic rings. The smallest absolute Gasteiger partial charge is 0.119 e. The maximum absolute atomic E-state index is 5.63. The van der Waals surface area contributed by atoms with Crippen LogP contribution in [0.2, 0.25) is 0 Å². The van der Waals surface area contributed by atoms with Crippen LogP contribution in [0.1, 0.15) is 44.6 Å². The van der Waals surface area contributed by atoms with E-state index in [1.54, 1.807) is 0 Å². The first-order chi connectivity index (χ1) is 7.77. The Bertz CT molecular complexity index is 300. The fraction of sp³-hybridized carbons (Fsp3) is 0.467. The SMILES string of the molecule is C=CCCCOc1ccc(C(C)CC)cc1. The minimum atomic E-state index is 0.634. The molecule has 0 aliphatic carbocycles. The summed E-state index contributed by atoms with van der Waals surface area (Å²) in [6.45, 7) is 8.93. The molecule has 0 saturated carbocycles. The summed E-state index contributed by atoms with van der Waals surface area (Å²) in [7, 11) is 0. The van der Waals surface area contributed by atoms with Gasteiger partial charge in [-0.05, 0) is 42.9 Å². The predicted molar refractivity (Wildman–Crippen MR) is 70.1 cm³/mol. The van der Waals surface area contributed by atoms with E-state index >= 15 is 0 Å². The molecule has 0 heterocycles. The van der Waals surface area contributed by atoms with Gasteiger partial charge in [-0.25, -0.2) is 0 Å². The highest BCUT2D eigenvalue weighted by Crippen LogP contribution is 2.21. The molecule has 0 radical (unpaired) electrons. The Morgan fingerprint density at radius 1 is 1.31 bits per heavy atom. The van der Waals surface area contributed by atoms with Crippen LogP contribution in [0.3, 0.4) is 0 Å². The van der Waals surface area contributed by atoms with Crippen molar-refractivity contribution in [3.63, 3.8) is 0 Å². The molecular formula is C15H22O. The first-order valence-electron chi connectivity index (χ1n) is 6.11. The summed E-state index contributed by atoms with van der Waals surface area (Å²) in [5, 5.41) is 0. The van der Waals surface area contributed by atoms with Gasteiger partial charge in [0.1, 0.15) is 5.75 Å². The van der Waals surface area contributed by atoms with E-state index in [1.165, 1.54) is 12.0 Å². The van der Waals surface area contributed by atoms with Crippen molar-refractivity contribution in [1.82, 2.24) is 0 Å². The van der Waals surface area contributed by atoms with Crippen LogP contribution in [-0.4, -0.2) is 6.61 Å². The molecule has 1 nitrogen and oxygen atoms in total. The molecule has 88 valence electrons. The third kappa shape index (κ3) is 4.09. The van der Waals surface area contributed by atoms with Crippen molar-refractivity contribution in [2.45, 2.75) is 39.0 Å². The molecule has 0 spiro atoms. The molecule has 0 saturated heterocycles. The van der Waals surface area contributed by atoms with Gasteiger partial charge in [-0.1, -0.05) is 32.1 Å². The number of hydrogen-bond donors (Lipinski definition) is 0. The third-order valence-electron chi connectivity index (χ3n) is 2.88. The highest BCUT2D eigenvalue weighted by Gasteiger charge is 2.02. The minimum Gasteiger partial charge on any atom is -0.494 e. The minimum absolute atomic E-state index is 0.634. The van der Waals surface area contributed by atoms with Gasteiger partial charge in [0.25, 0.3) is 0 Å². The number of ether oxygens (including phenoxy) is 1. The lowest BCUT2D eigenvalue weighted by Crippen LogP contribution is -1.97. The van der Waals surface area contributed by atoms with Crippen molar-refractivity contribution < 1.29 is 4.74 Å². The van der Waals surface area contributed by atoms with Crippen LogP contribution >= 0.6 is 0 Å². The van der Waals surface area contributed by atoms with Crippen molar-refractivity contribution in [2.24, 2.45) is 0 Å². The molecule has 0 aliphatic heterocycles. The standard InChI is InChI=1S/C15H22O/c1-4-6-7-12-16-15-10-8-14(9-11-15)13(3)5-2/h4,8-11,13H,1,5-7,12H2,2-3H3. The van der Waals surface area contributed by atoms with Crippen LogP contribution in [0.15, 0.2) is 36.9 Å². The predicted octanol–water partition coefficient (Wildman–Crippen LogP) is 4.55. The first kappa shape index (κ1) is 12.8. The average molecular weight is 218 g/mol. The van der Waals surface area contributed by atoms with E-state index in [1.807, 2.05) is 6.08 Å². The van der Waals surface area contributed by atoms with Crippen LogP contribution in [0, 0.1) is 0 Å². The normalized spacial score (nSPS) is 12.1. The highest BCUT2D eigenvalue weighted by molar-refractivity contribution is 5.29. The zero-order valence-electron chi connectivity index (χ0n) is 10.4. The van der Waals surface area contributed by atoms with Crippen LogP contribution < -0.4 is 4.74 Å². The zero-order chi connectivity index (χ0) is 11.8. The van der Waals surface area contributed by atoms with E-state index < -0.39 is 0 Å². The van der Waals surface area contributed by atoms with Gasteiger partial charge in [-0.3, -0.25) is 0 Å². The van der Waals surface area contributed by atoms with Gasteiger partial charge in [-0.15, -0.1) is 6.58 Å². The molecule has 1 heteroatoms. The van der Waals surface area contributed by atoms with E-state index in [4.69, 9.17) is 4.74 Å². The maximum Gasteiger partial charge on any atom is 0.119 e. The quantitative estimate of drug-likeness (QED) is 0.482. The second-order valence-electron chi connectivity index (χ2n) is 4.16. The third-order valence-corrected chi connectivity index (χ3v) is 2.88. The first-order valence-corrected chi connectivity index (χ1v) is 6.11. The van der Waals surface area contributed by atoms with Crippen molar-refractivity contribution in [3.05, 3.63) is 42.5 Å². The van der Waals surface area contributed by atoms with Crippen LogP contribution in [0.25, 0.3) is 0 Å². The number of unbranched alkanes of at least 4 members (excludes halogenated alkanes) is 1. The molecule has 1 aromatic carbocycles. The summed E-state index contributed by atoms with van der Waals surface area (Å²) in [6, 6.07) is 8.46. The van der Waals surface area contributed by atoms with Crippen molar-refractivity contribution in [3.8, 4) is 5.75 Å². The maximum atomic E-state index is 5.63. The van der Waals surface area contributed by atoms with E-state index in [0.29, 0.717) is 5.92 Å². The molecule has 0 bridgehead atoms. The summed E-state index contributed by atoms with van der Waals surface area (Å²) < 4.78 is 5.63. The van der Waals surface area contributed by atoms with E-state index in [9.17, 15) is 0 Å². The lowest BCUT2D eigenvalue weighted by atomic mass is 9.99. The summed E-state index contributed by atoms with van der Waals surface area (Å²) in [6.07, 6.45) is 5.16. The Morgan fingerprint density at radius 3 is 2.56 bits per heavy atom. The van der Waals surface area contributed by atoms with E-state index in [-0.39, 0.29) is 0 Å². The second-order valence-corrected chi connectivity index (χ2v) is 4.16. The molecule has 1 rings (SSSR count). The summed E-state index contributed by atoms with van der Waals surface area (Å²) in [5.74, 6) is 1.60. The van der Waals surface area contributed by atoms with Gasteiger partial charge in [0.15, 0.2) is 0 Å². The second kappa shape index (κ2) is 7.10. The largest absolute Gasteiger partial charge is 0.494 e. The van der Waals surface area contributed by atoms with Crippen molar-refractivity contribution in [1.29, 1.82) is 0 Å². The lowest BCUT2D eigenvalue weighted by Gasteiger charge is -2.10. The molecule has 0 N–H and O–H groups in total. The van der Waals surface area contributed by atoms with Crippen LogP contribution in [0.4, 0.5) is 0 Å². The van der Waals surface area contributed by atoms with Crippen LogP contribution in [-0.2, 0) is 0 Å². The fourth-order valence-corrected chi connectivity index (χ4v) is 1.55. The molecule has 0 aromatic heterocycles. The average Bonchev–Trinajstić information content (AvgIpc) is 2.34. The summed E-state index contributed by atoms with van der Waals surface area (Å²) >= 11 is 0. The lowest BCUT2D eigenvalue weighted by molar-refractivity contribution is 0.312. The van der Waals surface area contributed by atoms with E-state index in [2.05, 4.69) is 44.7 Å². The van der Waals surface area contributed by atoms with Gasteiger partial charge < -0.3 is 4.74 Å². The molecular weight excluding hydrogens is 196 g/mol. The molecule has 16 heavy (non-hydrogen) atoms. The summed E-state index contributed by atoms with van der Waals surface area (Å²) in [4.78, 5) is 0. The van der Waals surface area contributed by atoms with Gasteiger partial charge in [0.2, 0.25) is 0 Å². The van der Waals surface area contributed by atoms with Crippen molar-refractivity contribution in [2.75, 3.05) is 6.61 Å². The molecule has 0 amide bonds. The Kier molecular flexibility index (Phi) is 5.69. The van der Waals surface area contributed by atoms with E-state index in [0.717, 1.165) is 25.2 Å². The number of rotatable bonds is 7. The molecule has 0 fully saturated rings. The Morgan fingerprint density at radius 2 is 2.00 bits per heavy atom. The highest BCUT2D eigenvalue weighted by atomic mass is 16.5. The molecule has 1 unspecified atom stereocenters. The molecule has 1 atom stereocenters. The zero-order valence-corrected chi connectivity index (χ0v) is 10.4. The topological polar surface area (TPSA) is 9.23 Å². The number of benzene rings is 1. The fourth-order valence-electron chi connectivity index (χ4n) is 1.55. The van der Waals surface area contributed by atoms with Crippen LogP contribution in [0.5, 0.6) is 5.75 Å².